The Labute approximate surface area is 193 Å². The van der Waals surface area contributed by atoms with Crippen molar-refractivity contribution >= 4 is 5.78 Å². The second-order valence-corrected chi connectivity index (χ2v) is 8.45. The van der Waals surface area contributed by atoms with E-state index >= 15 is 0 Å². The first-order chi connectivity index (χ1) is 15.6. The fourth-order valence-electron chi connectivity index (χ4n) is 3.79. The number of benzene rings is 2. The maximum atomic E-state index is 13.0. The summed E-state index contributed by atoms with van der Waals surface area (Å²) < 4.78 is 10.8. The molecule has 0 aromatic heterocycles. The Kier molecular flexibility index (Phi) is 7.33. The molecule has 0 aliphatic carbocycles. The van der Waals surface area contributed by atoms with E-state index in [1.165, 1.54) is 30.9 Å². The molecule has 0 saturated carbocycles. The number of hydrogen-bond acceptors (Lipinski definition) is 7. The monoisotopic (exact) mass is 454 g/mol. The van der Waals surface area contributed by atoms with Crippen LogP contribution < -0.4 is 9.47 Å². The van der Waals surface area contributed by atoms with E-state index in [4.69, 9.17) is 9.47 Å². The first-order valence-electron chi connectivity index (χ1n) is 10.8. The average Bonchev–Trinajstić information content (AvgIpc) is 2.75. The van der Waals surface area contributed by atoms with Gasteiger partial charge >= 0.3 is 0 Å². The number of fused-ring (bicyclic) bond motifs is 1. The van der Waals surface area contributed by atoms with Gasteiger partial charge < -0.3 is 29.9 Å². The number of ketones is 1. The van der Waals surface area contributed by atoms with E-state index in [1.54, 1.807) is 6.07 Å². The van der Waals surface area contributed by atoms with Crippen molar-refractivity contribution in [2.45, 2.75) is 52.2 Å². The van der Waals surface area contributed by atoms with Crippen molar-refractivity contribution in [1.29, 1.82) is 0 Å². The van der Waals surface area contributed by atoms with Crippen LogP contribution in [0.25, 0.3) is 0 Å². The molecule has 4 N–H and O–H groups in total. The van der Waals surface area contributed by atoms with Crippen LogP contribution in [0.4, 0.5) is 0 Å². The lowest BCUT2D eigenvalue weighted by Gasteiger charge is -2.31. The second kappa shape index (κ2) is 10.0. The van der Waals surface area contributed by atoms with Crippen molar-refractivity contribution in [2.75, 3.05) is 7.11 Å². The van der Waals surface area contributed by atoms with Crippen LogP contribution in [0.1, 0.15) is 61.2 Å². The maximum Gasteiger partial charge on any atom is 0.202 e. The number of carbonyl (C=O) groups is 1. The molecular weight excluding hydrogens is 424 g/mol. The Morgan fingerprint density at radius 3 is 2.45 bits per heavy atom. The number of allylic oxidation sites excluding steroid dienone is 4. The van der Waals surface area contributed by atoms with Gasteiger partial charge in [-0.3, -0.25) is 4.79 Å². The molecule has 2 atom stereocenters. The normalized spacial score (nSPS) is 17.8. The second-order valence-electron chi connectivity index (χ2n) is 8.45. The van der Waals surface area contributed by atoms with Crippen LogP contribution in [0.15, 0.2) is 47.6 Å². The van der Waals surface area contributed by atoms with Crippen LogP contribution in [0.2, 0.25) is 0 Å². The highest BCUT2D eigenvalue weighted by Crippen LogP contribution is 2.45. The lowest BCUT2D eigenvalue weighted by atomic mass is 9.90. The van der Waals surface area contributed by atoms with Gasteiger partial charge in [0.2, 0.25) is 5.78 Å². The summed E-state index contributed by atoms with van der Waals surface area (Å²) in [4.78, 5) is 13.0. The molecule has 1 aliphatic rings. The molecule has 0 saturated heterocycles. The van der Waals surface area contributed by atoms with Crippen molar-refractivity contribution in [2.24, 2.45) is 0 Å². The number of hydrogen-bond donors (Lipinski definition) is 4. The lowest BCUT2D eigenvalue weighted by Crippen LogP contribution is -2.36. The molecule has 0 amide bonds. The van der Waals surface area contributed by atoms with Crippen LogP contribution in [0.5, 0.6) is 28.7 Å². The van der Waals surface area contributed by atoms with Gasteiger partial charge in [-0.15, -0.1) is 0 Å². The first-order valence-corrected chi connectivity index (χ1v) is 10.8. The maximum absolute atomic E-state index is 13.0. The SMILES string of the molecule is COc1ccc(C2Oc3cc(O)c(C/C=C(\C)CCC=C(C)C)c(O)c3C(=O)C2O)cc1O. The Bertz CT molecular complexity index is 1110. The Balaban J connectivity index is 1.89. The van der Waals surface area contributed by atoms with Gasteiger partial charge in [0.25, 0.3) is 0 Å². The van der Waals surface area contributed by atoms with Crippen LogP contribution in [0, 0.1) is 0 Å². The molecule has 33 heavy (non-hydrogen) atoms. The Morgan fingerprint density at radius 2 is 1.82 bits per heavy atom. The number of phenolic OH excluding ortho intramolecular Hbond substituents is 3. The smallest absolute Gasteiger partial charge is 0.202 e. The summed E-state index contributed by atoms with van der Waals surface area (Å²) >= 11 is 0. The number of rotatable bonds is 7. The van der Waals surface area contributed by atoms with Crippen LogP contribution in [0.3, 0.4) is 0 Å². The number of phenols is 3. The van der Waals surface area contributed by atoms with Crippen molar-refractivity contribution in [3.63, 3.8) is 0 Å². The summed E-state index contributed by atoms with van der Waals surface area (Å²) in [5.74, 6) is -1.30. The zero-order valence-corrected chi connectivity index (χ0v) is 19.3. The van der Waals surface area contributed by atoms with E-state index in [9.17, 15) is 25.2 Å². The zero-order chi connectivity index (χ0) is 24.3. The van der Waals surface area contributed by atoms with Gasteiger partial charge in [-0.05, 0) is 57.7 Å². The number of methoxy groups -OCH3 is 1. The Hall–Kier alpha value is -3.45. The summed E-state index contributed by atoms with van der Waals surface area (Å²) in [6.45, 7) is 6.05. The highest BCUT2D eigenvalue weighted by atomic mass is 16.5. The molecule has 2 aromatic rings. The van der Waals surface area contributed by atoms with E-state index in [-0.39, 0.29) is 40.5 Å². The topological polar surface area (TPSA) is 116 Å². The lowest BCUT2D eigenvalue weighted by molar-refractivity contribution is 0.0209. The molecule has 0 fully saturated rings. The van der Waals surface area contributed by atoms with E-state index in [1.807, 2.05) is 26.8 Å². The standard InChI is InChI=1S/C26H30O7/c1-14(2)6-5-7-15(3)8-10-17-18(27)13-21-22(23(17)29)24(30)25(31)26(33-21)16-9-11-20(32-4)19(28)12-16/h6,8-9,11-13,25-29,31H,5,7,10H2,1-4H3/b15-8+. The van der Waals surface area contributed by atoms with Crippen molar-refractivity contribution in [1.82, 2.24) is 0 Å². The molecule has 7 heteroatoms. The van der Waals surface area contributed by atoms with Crippen molar-refractivity contribution in [3.05, 3.63) is 64.3 Å². The van der Waals surface area contributed by atoms with Crippen LogP contribution >= 0.6 is 0 Å². The third-order valence-corrected chi connectivity index (χ3v) is 5.68. The minimum atomic E-state index is -1.60. The number of carbonyl (C=O) groups excluding carboxylic acids is 1. The number of ether oxygens (including phenoxy) is 2. The predicted octanol–water partition coefficient (Wildman–Crippen LogP) is 4.72. The molecule has 7 nitrogen and oxygen atoms in total. The van der Waals surface area contributed by atoms with Gasteiger partial charge in [0, 0.05) is 11.6 Å². The highest BCUT2D eigenvalue weighted by Gasteiger charge is 2.40. The molecule has 0 radical (unpaired) electrons. The van der Waals surface area contributed by atoms with E-state index in [2.05, 4.69) is 6.08 Å². The zero-order valence-electron chi connectivity index (χ0n) is 19.3. The molecular formula is C26H30O7. The minimum Gasteiger partial charge on any atom is -0.507 e. The summed E-state index contributed by atoms with van der Waals surface area (Å²) in [5, 5.41) is 42.0. The van der Waals surface area contributed by atoms with Gasteiger partial charge in [-0.25, -0.2) is 0 Å². The third kappa shape index (κ3) is 5.14. The van der Waals surface area contributed by atoms with E-state index in [0.29, 0.717) is 5.56 Å². The molecule has 2 unspecified atom stereocenters. The molecule has 0 spiro atoms. The third-order valence-electron chi connectivity index (χ3n) is 5.68. The number of aliphatic hydroxyl groups excluding tert-OH is 1. The van der Waals surface area contributed by atoms with Crippen molar-refractivity contribution in [3.8, 4) is 28.7 Å². The van der Waals surface area contributed by atoms with Gasteiger partial charge in [0.1, 0.15) is 22.8 Å². The Morgan fingerprint density at radius 1 is 1.09 bits per heavy atom. The summed E-state index contributed by atoms with van der Waals surface area (Å²) in [7, 11) is 1.41. The molecule has 176 valence electrons. The fourth-order valence-corrected chi connectivity index (χ4v) is 3.79. The van der Waals surface area contributed by atoms with E-state index in [0.717, 1.165) is 18.4 Å². The van der Waals surface area contributed by atoms with Gasteiger partial charge in [0.15, 0.2) is 23.7 Å². The first kappa shape index (κ1) is 24.2. The van der Waals surface area contributed by atoms with Crippen molar-refractivity contribution < 1.29 is 34.7 Å². The largest absolute Gasteiger partial charge is 0.507 e. The molecule has 1 aliphatic heterocycles. The van der Waals surface area contributed by atoms with Gasteiger partial charge in [0.05, 0.1) is 7.11 Å². The summed E-state index contributed by atoms with van der Waals surface area (Å²) in [5.41, 5.74) is 2.71. The van der Waals surface area contributed by atoms with Gasteiger partial charge in [-0.2, -0.15) is 0 Å². The molecule has 1 heterocycles. The molecule has 3 rings (SSSR count). The van der Waals surface area contributed by atoms with Crippen LogP contribution in [-0.4, -0.2) is 39.4 Å². The quantitative estimate of drug-likeness (QED) is 0.447. The molecule has 0 bridgehead atoms. The summed E-state index contributed by atoms with van der Waals surface area (Å²) in [6, 6.07) is 5.66. The van der Waals surface area contributed by atoms with Gasteiger partial charge in [-0.1, -0.05) is 29.4 Å². The van der Waals surface area contributed by atoms with Crippen LogP contribution in [-0.2, 0) is 6.42 Å². The summed E-state index contributed by atoms with van der Waals surface area (Å²) in [6.07, 6.45) is 3.28. The number of Topliss-reactive ketones (excluding diaryl/α,β-unsaturated/α-hetero) is 1. The molecule has 2 aromatic carbocycles. The minimum absolute atomic E-state index is 0.0337. The average molecular weight is 455 g/mol. The van der Waals surface area contributed by atoms with E-state index < -0.39 is 23.7 Å². The number of aromatic hydroxyl groups is 3. The predicted molar refractivity (Wildman–Crippen MR) is 124 cm³/mol. The number of aliphatic hydroxyl groups is 1. The fraction of sp³-hybridized carbons (Fsp3) is 0.346. The highest BCUT2D eigenvalue weighted by molar-refractivity contribution is 6.06.